The Balaban J connectivity index is 2.59. The summed E-state index contributed by atoms with van der Waals surface area (Å²) in [5.41, 5.74) is -0.224. The van der Waals surface area contributed by atoms with Gasteiger partial charge in [-0.2, -0.15) is 0 Å². The Bertz CT molecular complexity index is 248. The topological polar surface area (TPSA) is 38.7 Å². The number of aliphatic hydroxyl groups is 1. The minimum absolute atomic E-state index is 0.239. The molecule has 1 atom stereocenters. The smallest absolute Gasteiger partial charge is 0.162 e. The molecule has 0 aliphatic carbocycles. The van der Waals surface area contributed by atoms with Gasteiger partial charge in [-0.05, 0) is 34.6 Å². The highest BCUT2D eigenvalue weighted by molar-refractivity contribution is 5.02. The fourth-order valence-corrected chi connectivity index (χ4v) is 1.25. The summed E-state index contributed by atoms with van der Waals surface area (Å²) in [7, 11) is 0. The van der Waals surface area contributed by atoms with Crippen LogP contribution in [0.15, 0.2) is 11.6 Å². The molecule has 0 aromatic rings. The fraction of sp³-hybridized carbons (Fsp3) is 0.833. The van der Waals surface area contributed by atoms with Crippen LogP contribution in [0.5, 0.6) is 0 Å². The van der Waals surface area contributed by atoms with Gasteiger partial charge in [-0.1, -0.05) is 11.6 Å². The van der Waals surface area contributed by atoms with E-state index < -0.39 is 11.2 Å². The highest BCUT2D eigenvalue weighted by atomic mass is 16.7. The van der Waals surface area contributed by atoms with Crippen molar-refractivity contribution in [1.82, 2.24) is 0 Å². The molecule has 3 heteroatoms. The maximum atomic E-state index is 9.95. The summed E-state index contributed by atoms with van der Waals surface area (Å²) in [6, 6.07) is 0. The van der Waals surface area contributed by atoms with E-state index in [0.717, 1.165) is 6.42 Å². The van der Waals surface area contributed by atoms with E-state index in [2.05, 4.69) is 13.0 Å². The molecule has 0 aromatic carbocycles. The van der Waals surface area contributed by atoms with Crippen LogP contribution in [-0.4, -0.2) is 29.2 Å². The molecule has 0 radical (unpaired) electrons. The van der Waals surface area contributed by atoms with Crippen LogP contribution in [0.4, 0.5) is 0 Å². The zero-order valence-electron chi connectivity index (χ0n) is 10.3. The maximum absolute atomic E-state index is 9.95. The predicted molar refractivity (Wildman–Crippen MR) is 59.6 cm³/mol. The highest BCUT2D eigenvalue weighted by Gasteiger charge is 2.38. The summed E-state index contributed by atoms with van der Waals surface area (Å²) in [5, 5.41) is 9.95. The molecule has 0 amide bonds. The molecule has 0 aromatic heterocycles. The van der Waals surface area contributed by atoms with E-state index in [9.17, 15) is 5.11 Å². The van der Waals surface area contributed by atoms with Crippen molar-refractivity contribution in [2.75, 3.05) is 6.61 Å². The Morgan fingerprint density at radius 1 is 1.40 bits per heavy atom. The van der Waals surface area contributed by atoms with E-state index in [1.54, 1.807) is 13.8 Å². The minimum atomic E-state index is -0.884. The first-order chi connectivity index (χ1) is 6.72. The molecule has 1 unspecified atom stereocenters. The Morgan fingerprint density at radius 2 is 2.00 bits per heavy atom. The first kappa shape index (κ1) is 12.7. The summed E-state index contributed by atoms with van der Waals surface area (Å²) in [6.07, 6.45) is 2.59. The molecule has 0 saturated heterocycles. The van der Waals surface area contributed by atoms with E-state index in [4.69, 9.17) is 9.47 Å². The van der Waals surface area contributed by atoms with Gasteiger partial charge in [0, 0.05) is 6.42 Å². The predicted octanol–water partition coefficient (Wildman–Crippen LogP) is 2.25. The average Bonchev–Trinajstić information content (AvgIpc) is 2.00. The third-order valence-electron chi connectivity index (χ3n) is 3.10. The molecule has 1 N–H and O–H groups in total. The molecule has 0 bridgehead atoms. The summed E-state index contributed by atoms with van der Waals surface area (Å²) in [5.74, 6) is 0. The van der Waals surface area contributed by atoms with Crippen LogP contribution < -0.4 is 0 Å². The SMILES string of the molecule is CC1=CCOC(OC(C)(C)C(C)(C)O)C1. The van der Waals surface area contributed by atoms with Crippen molar-refractivity contribution < 1.29 is 14.6 Å². The monoisotopic (exact) mass is 214 g/mol. The largest absolute Gasteiger partial charge is 0.387 e. The van der Waals surface area contributed by atoms with Gasteiger partial charge < -0.3 is 14.6 Å². The lowest BCUT2D eigenvalue weighted by Gasteiger charge is -2.40. The van der Waals surface area contributed by atoms with Gasteiger partial charge in [0.1, 0.15) is 0 Å². The van der Waals surface area contributed by atoms with E-state index in [-0.39, 0.29) is 6.29 Å². The Labute approximate surface area is 92.1 Å². The molecular weight excluding hydrogens is 192 g/mol. The zero-order chi connectivity index (χ0) is 11.7. The quantitative estimate of drug-likeness (QED) is 0.732. The molecular formula is C12H22O3. The van der Waals surface area contributed by atoms with Crippen LogP contribution in [0.2, 0.25) is 0 Å². The lowest BCUT2D eigenvalue weighted by atomic mass is 9.89. The molecule has 1 aliphatic rings. The van der Waals surface area contributed by atoms with E-state index >= 15 is 0 Å². The van der Waals surface area contributed by atoms with Gasteiger partial charge in [0.15, 0.2) is 6.29 Å². The number of hydrogen-bond acceptors (Lipinski definition) is 3. The van der Waals surface area contributed by atoms with Gasteiger partial charge in [-0.3, -0.25) is 0 Å². The van der Waals surface area contributed by atoms with Gasteiger partial charge in [-0.15, -0.1) is 0 Å². The maximum Gasteiger partial charge on any atom is 0.162 e. The lowest BCUT2D eigenvalue weighted by Crippen LogP contribution is -2.50. The second kappa shape index (κ2) is 4.24. The third kappa shape index (κ3) is 3.30. The van der Waals surface area contributed by atoms with Crippen molar-refractivity contribution in [2.24, 2.45) is 0 Å². The van der Waals surface area contributed by atoms with Crippen LogP contribution >= 0.6 is 0 Å². The second-order valence-corrected chi connectivity index (χ2v) is 5.20. The fourth-order valence-electron chi connectivity index (χ4n) is 1.25. The number of rotatable bonds is 3. The molecule has 88 valence electrons. The summed E-state index contributed by atoms with van der Waals surface area (Å²) in [6.45, 7) is 9.92. The van der Waals surface area contributed by atoms with E-state index in [1.807, 2.05) is 13.8 Å². The van der Waals surface area contributed by atoms with Crippen molar-refractivity contribution in [3.63, 3.8) is 0 Å². The molecule has 0 spiro atoms. The van der Waals surface area contributed by atoms with Gasteiger partial charge in [0.25, 0.3) is 0 Å². The summed E-state index contributed by atoms with van der Waals surface area (Å²) < 4.78 is 11.3. The van der Waals surface area contributed by atoms with E-state index in [1.165, 1.54) is 5.57 Å². The van der Waals surface area contributed by atoms with Crippen molar-refractivity contribution in [3.8, 4) is 0 Å². The first-order valence-corrected chi connectivity index (χ1v) is 5.40. The third-order valence-corrected chi connectivity index (χ3v) is 3.10. The van der Waals surface area contributed by atoms with Crippen LogP contribution in [0.3, 0.4) is 0 Å². The van der Waals surface area contributed by atoms with Crippen LogP contribution in [-0.2, 0) is 9.47 Å². The second-order valence-electron chi connectivity index (χ2n) is 5.20. The van der Waals surface area contributed by atoms with Crippen LogP contribution in [0.1, 0.15) is 41.0 Å². The molecule has 1 rings (SSSR count). The standard InChI is InChI=1S/C12H22O3/c1-9-6-7-14-10(8-9)15-12(4,5)11(2,3)13/h6,10,13H,7-8H2,1-5H3. The van der Waals surface area contributed by atoms with Crippen LogP contribution in [0, 0.1) is 0 Å². The molecule has 1 aliphatic heterocycles. The average molecular weight is 214 g/mol. The normalized spacial score (nSPS) is 23.9. The van der Waals surface area contributed by atoms with Gasteiger partial charge in [0.2, 0.25) is 0 Å². The molecule has 15 heavy (non-hydrogen) atoms. The summed E-state index contributed by atoms with van der Waals surface area (Å²) in [4.78, 5) is 0. The van der Waals surface area contributed by atoms with Crippen LogP contribution in [0.25, 0.3) is 0 Å². The molecule has 0 saturated carbocycles. The number of hydrogen-bond donors (Lipinski definition) is 1. The Kier molecular flexibility index (Phi) is 3.59. The molecule has 3 nitrogen and oxygen atoms in total. The van der Waals surface area contributed by atoms with Gasteiger partial charge in [-0.25, -0.2) is 0 Å². The minimum Gasteiger partial charge on any atom is -0.387 e. The van der Waals surface area contributed by atoms with E-state index in [0.29, 0.717) is 6.61 Å². The van der Waals surface area contributed by atoms with Crippen molar-refractivity contribution in [1.29, 1.82) is 0 Å². The Hall–Kier alpha value is -0.380. The first-order valence-electron chi connectivity index (χ1n) is 5.40. The zero-order valence-corrected chi connectivity index (χ0v) is 10.3. The highest BCUT2D eigenvalue weighted by Crippen LogP contribution is 2.29. The van der Waals surface area contributed by atoms with Crippen molar-refractivity contribution in [2.45, 2.75) is 58.5 Å². The Morgan fingerprint density at radius 3 is 2.47 bits per heavy atom. The summed E-state index contributed by atoms with van der Waals surface area (Å²) >= 11 is 0. The van der Waals surface area contributed by atoms with Crippen molar-refractivity contribution in [3.05, 3.63) is 11.6 Å². The van der Waals surface area contributed by atoms with Crippen molar-refractivity contribution >= 4 is 0 Å². The molecule has 0 fully saturated rings. The molecule has 1 heterocycles. The van der Waals surface area contributed by atoms with Gasteiger partial charge in [0.05, 0.1) is 17.8 Å². The van der Waals surface area contributed by atoms with Gasteiger partial charge >= 0.3 is 0 Å². The lowest BCUT2D eigenvalue weighted by molar-refractivity contribution is -0.246. The number of ether oxygens (including phenoxy) is 2.